The third-order valence-corrected chi connectivity index (χ3v) is 4.58. The number of pyridine rings is 1. The first-order valence-electron chi connectivity index (χ1n) is 7.39. The third kappa shape index (κ3) is 2.71. The van der Waals surface area contributed by atoms with Gasteiger partial charge in [-0.2, -0.15) is 0 Å². The van der Waals surface area contributed by atoms with Crippen LogP contribution in [0.5, 0.6) is 0 Å². The minimum atomic E-state index is 0.0940. The van der Waals surface area contributed by atoms with Gasteiger partial charge in [0.25, 0.3) is 5.91 Å². The van der Waals surface area contributed by atoms with Crippen LogP contribution in [0.3, 0.4) is 0 Å². The van der Waals surface area contributed by atoms with Crippen molar-refractivity contribution in [1.82, 2.24) is 14.3 Å². The fraction of sp³-hybridized carbons (Fsp3) is 0.500. The Hall–Kier alpha value is -1.36. The fourth-order valence-corrected chi connectivity index (χ4v) is 3.71. The van der Waals surface area contributed by atoms with Gasteiger partial charge in [-0.15, -0.1) is 0 Å². The zero-order valence-electron chi connectivity index (χ0n) is 12.6. The van der Waals surface area contributed by atoms with Crippen LogP contribution in [0.1, 0.15) is 36.5 Å². The van der Waals surface area contributed by atoms with Gasteiger partial charge in [0.05, 0.1) is 5.69 Å². The highest BCUT2D eigenvalue weighted by molar-refractivity contribution is 9.10. The number of likely N-dealkylation sites (tertiary alicyclic amines) is 1. The number of rotatable bonds is 1. The second-order valence-electron chi connectivity index (χ2n) is 6.28. The highest BCUT2D eigenvalue weighted by atomic mass is 79.9. The van der Waals surface area contributed by atoms with E-state index >= 15 is 0 Å². The van der Waals surface area contributed by atoms with Gasteiger partial charge < -0.3 is 4.90 Å². The van der Waals surface area contributed by atoms with Crippen LogP contribution in [0.15, 0.2) is 22.8 Å². The van der Waals surface area contributed by atoms with Gasteiger partial charge in [-0.25, -0.2) is 4.98 Å². The number of imidazole rings is 1. The summed E-state index contributed by atoms with van der Waals surface area (Å²) in [6, 6.07) is 3.87. The van der Waals surface area contributed by atoms with Crippen LogP contribution in [-0.4, -0.2) is 33.3 Å². The van der Waals surface area contributed by atoms with Gasteiger partial charge in [0, 0.05) is 23.8 Å². The fourth-order valence-electron chi connectivity index (χ4n) is 3.37. The van der Waals surface area contributed by atoms with Gasteiger partial charge >= 0.3 is 0 Å². The van der Waals surface area contributed by atoms with Gasteiger partial charge in [-0.1, -0.05) is 13.8 Å². The number of hydrogen-bond donors (Lipinski definition) is 0. The minimum Gasteiger partial charge on any atom is -0.337 e. The first-order valence-corrected chi connectivity index (χ1v) is 8.18. The lowest BCUT2D eigenvalue weighted by Gasteiger charge is -2.35. The molecule has 2 aromatic heterocycles. The van der Waals surface area contributed by atoms with Gasteiger partial charge in [-0.3, -0.25) is 9.20 Å². The van der Waals surface area contributed by atoms with Crippen molar-refractivity contribution in [2.45, 2.75) is 27.2 Å². The molecule has 0 aromatic carbocycles. The minimum absolute atomic E-state index is 0.0940. The van der Waals surface area contributed by atoms with Crippen LogP contribution in [-0.2, 0) is 0 Å². The standard InChI is InChI=1S/C16H20BrN3O/c1-10-6-11(2)8-19(7-10)16(21)15-12(3)18-14-5-4-13(17)9-20(14)15/h4-5,9-11H,6-8H2,1-3H3. The second-order valence-corrected chi connectivity index (χ2v) is 7.19. The molecule has 5 heteroatoms. The highest BCUT2D eigenvalue weighted by Crippen LogP contribution is 2.24. The summed E-state index contributed by atoms with van der Waals surface area (Å²) in [7, 11) is 0. The summed E-state index contributed by atoms with van der Waals surface area (Å²) in [5, 5.41) is 0. The summed E-state index contributed by atoms with van der Waals surface area (Å²) >= 11 is 3.47. The van der Waals surface area contributed by atoms with Crippen LogP contribution >= 0.6 is 15.9 Å². The molecule has 2 unspecified atom stereocenters. The molecule has 4 nitrogen and oxygen atoms in total. The maximum Gasteiger partial charge on any atom is 0.272 e. The van der Waals surface area contributed by atoms with E-state index in [1.807, 2.05) is 34.6 Å². The number of amides is 1. The molecule has 2 aromatic rings. The molecule has 0 saturated carbocycles. The Labute approximate surface area is 133 Å². The molecule has 21 heavy (non-hydrogen) atoms. The average Bonchev–Trinajstić information content (AvgIpc) is 2.72. The Morgan fingerprint density at radius 2 is 1.95 bits per heavy atom. The van der Waals surface area contributed by atoms with Gasteiger partial charge in [-0.05, 0) is 53.2 Å². The molecule has 1 fully saturated rings. The summed E-state index contributed by atoms with van der Waals surface area (Å²) in [6.07, 6.45) is 3.11. The molecule has 1 saturated heterocycles. The highest BCUT2D eigenvalue weighted by Gasteiger charge is 2.29. The molecule has 2 atom stereocenters. The molecular formula is C16H20BrN3O. The SMILES string of the molecule is Cc1nc2ccc(Br)cn2c1C(=O)N1CC(C)CC(C)C1. The number of nitrogens with zero attached hydrogens (tertiary/aromatic N) is 3. The van der Waals surface area contributed by atoms with E-state index in [0.717, 1.165) is 28.9 Å². The second kappa shape index (κ2) is 5.44. The number of carbonyl (C=O) groups excluding carboxylic acids is 1. The topological polar surface area (TPSA) is 37.6 Å². The van der Waals surface area contributed by atoms with Crippen molar-refractivity contribution in [3.05, 3.63) is 34.2 Å². The number of piperidine rings is 1. The van der Waals surface area contributed by atoms with Crippen molar-refractivity contribution < 1.29 is 4.79 Å². The predicted molar refractivity (Wildman–Crippen MR) is 86.5 cm³/mol. The molecule has 1 amide bonds. The molecule has 0 N–H and O–H groups in total. The summed E-state index contributed by atoms with van der Waals surface area (Å²) in [5.41, 5.74) is 2.30. The van der Waals surface area contributed by atoms with Crippen LogP contribution in [0, 0.1) is 18.8 Å². The molecule has 1 aliphatic rings. The van der Waals surface area contributed by atoms with Gasteiger partial charge in [0.2, 0.25) is 0 Å². The summed E-state index contributed by atoms with van der Waals surface area (Å²) in [4.78, 5) is 19.4. The molecule has 0 radical (unpaired) electrons. The Bertz CT molecular complexity index is 684. The number of halogens is 1. The smallest absolute Gasteiger partial charge is 0.272 e. The summed E-state index contributed by atoms with van der Waals surface area (Å²) < 4.78 is 2.84. The van der Waals surface area contributed by atoms with Crippen molar-refractivity contribution >= 4 is 27.5 Å². The Morgan fingerprint density at radius 3 is 2.62 bits per heavy atom. The van der Waals surface area contributed by atoms with E-state index in [9.17, 15) is 4.79 Å². The molecule has 3 rings (SSSR count). The van der Waals surface area contributed by atoms with Crippen molar-refractivity contribution in [1.29, 1.82) is 0 Å². The molecule has 0 bridgehead atoms. The monoisotopic (exact) mass is 349 g/mol. The van der Waals surface area contributed by atoms with E-state index in [1.165, 1.54) is 6.42 Å². The maximum absolute atomic E-state index is 12.9. The van der Waals surface area contributed by atoms with E-state index in [1.54, 1.807) is 0 Å². The zero-order valence-corrected chi connectivity index (χ0v) is 14.2. The van der Waals surface area contributed by atoms with Crippen molar-refractivity contribution in [2.24, 2.45) is 11.8 Å². The Kier molecular flexibility index (Phi) is 3.78. The molecule has 1 aliphatic heterocycles. The van der Waals surface area contributed by atoms with Gasteiger partial charge in [0.1, 0.15) is 11.3 Å². The summed E-state index contributed by atoms with van der Waals surface area (Å²) in [5.74, 6) is 1.21. The Morgan fingerprint density at radius 1 is 1.29 bits per heavy atom. The first-order chi connectivity index (χ1) is 9.95. The molecule has 0 aliphatic carbocycles. The van der Waals surface area contributed by atoms with Crippen LogP contribution in [0.25, 0.3) is 5.65 Å². The number of carbonyl (C=O) groups is 1. The van der Waals surface area contributed by atoms with Crippen molar-refractivity contribution in [3.63, 3.8) is 0 Å². The normalized spacial score (nSPS) is 22.8. The number of aromatic nitrogens is 2. The van der Waals surface area contributed by atoms with Crippen molar-refractivity contribution in [3.8, 4) is 0 Å². The number of aryl methyl sites for hydroxylation is 1. The molecule has 112 valence electrons. The van der Waals surface area contributed by atoms with E-state index in [0.29, 0.717) is 17.5 Å². The van der Waals surface area contributed by atoms with E-state index < -0.39 is 0 Å². The lowest BCUT2D eigenvalue weighted by Crippen LogP contribution is -2.43. The van der Waals surface area contributed by atoms with Gasteiger partial charge in [0.15, 0.2) is 0 Å². The first kappa shape index (κ1) is 14.6. The molecule has 3 heterocycles. The lowest BCUT2D eigenvalue weighted by molar-refractivity contribution is 0.0615. The molecular weight excluding hydrogens is 330 g/mol. The van der Waals surface area contributed by atoms with Crippen molar-refractivity contribution in [2.75, 3.05) is 13.1 Å². The number of hydrogen-bond acceptors (Lipinski definition) is 2. The van der Waals surface area contributed by atoms with E-state index in [-0.39, 0.29) is 5.91 Å². The van der Waals surface area contributed by atoms with Crippen LogP contribution < -0.4 is 0 Å². The van der Waals surface area contributed by atoms with E-state index in [2.05, 4.69) is 34.8 Å². The maximum atomic E-state index is 12.9. The zero-order chi connectivity index (χ0) is 15.1. The lowest BCUT2D eigenvalue weighted by atomic mass is 9.91. The summed E-state index contributed by atoms with van der Waals surface area (Å²) in [6.45, 7) is 8.01. The average molecular weight is 350 g/mol. The number of fused-ring (bicyclic) bond motifs is 1. The van der Waals surface area contributed by atoms with E-state index in [4.69, 9.17) is 0 Å². The predicted octanol–water partition coefficient (Wildman–Crippen LogP) is 3.52. The molecule has 0 spiro atoms. The quantitative estimate of drug-likeness (QED) is 0.789. The Balaban J connectivity index is 2.01. The van der Waals surface area contributed by atoms with Crippen LogP contribution in [0.4, 0.5) is 0 Å². The largest absolute Gasteiger partial charge is 0.337 e. The third-order valence-electron chi connectivity index (χ3n) is 4.12. The van der Waals surface area contributed by atoms with Crippen LogP contribution in [0.2, 0.25) is 0 Å².